The summed E-state index contributed by atoms with van der Waals surface area (Å²) in [7, 11) is 0. The van der Waals surface area contributed by atoms with E-state index in [0.717, 1.165) is 4.47 Å². The highest BCUT2D eigenvalue weighted by atomic mass is 79.9. The number of carbonyl (C=O) groups is 2. The third-order valence-corrected chi connectivity index (χ3v) is 5.17. The summed E-state index contributed by atoms with van der Waals surface area (Å²) in [6.45, 7) is 0. The molecule has 0 aliphatic carbocycles. The van der Waals surface area contributed by atoms with Crippen LogP contribution in [0.25, 0.3) is 0 Å². The molecule has 0 spiro atoms. The van der Waals surface area contributed by atoms with E-state index in [-0.39, 0.29) is 21.9 Å². The van der Waals surface area contributed by atoms with Crippen molar-refractivity contribution in [1.29, 1.82) is 0 Å². The zero-order valence-electron chi connectivity index (χ0n) is 15.2. The van der Waals surface area contributed by atoms with Gasteiger partial charge < -0.3 is 10.6 Å². The molecule has 0 fully saturated rings. The van der Waals surface area contributed by atoms with Gasteiger partial charge in [0.1, 0.15) is 0 Å². The van der Waals surface area contributed by atoms with E-state index in [4.69, 9.17) is 35.4 Å². The summed E-state index contributed by atoms with van der Waals surface area (Å²) in [6, 6.07) is 18.4. The number of anilines is 2. The Kier molecular flexibility index (Phi) is 7.44. The maximum absolute atomic E-state index is 12.5. The Bertz CT molecular complexity index is 1120. The van der Waals surface area contributed by atoms with Crippen molar-refractivity contribution < 1.29 is 9.59 Å². The molecule has 30 heavy (non-hydrogen) atoms. The number of rotatable bonds is 4. The van der Waals surface area contributed by atoms with Crippen LogP contribution in [0, 0.1) is 0 Å². The molecule has 3 N–H and O–H groups in total. The van der Waals surface area contributed by atoms with Crippen LogP contribution in [0.1, 0.15) is 20.7 Å². The van der Waals surface area contributed by atoms with E-state index in [1.54, 1.807) is 60.7 Å². The van der Waals surface area contributed by atoms with E-state index >= 15 is 0 Å². The molecule has 0 atom stereocenters. The molecule has 0 aliphatic rings. The van der Waals surface area contributed by atoms with Crippen molar-refractivity contribution in [3.05, 3.63) is 92.4 Å². The zero-order valence-corrected chi connectivity index (χ0v) is 19.1. The SMILES string of the molecule is O=C(NC(=S)Nc1cccc(NC(=O)c2ccc(Cl)cc2Cl)c1)c1ccc(Br)cc1. The Morgan fingerprint density at radius 3 is 2.17 bits per heavy atom. The van der Waals surface area contributed by atoms with Gasteiger partial charge in [-0.25, -0.2) is 0 Å². The summed E-state index contributed by atoms with van der Waals surface area (Å²) in [5.41, 5.74) is 1.90. The summed E-state index contributed by atoms with van der Waals surface area (Å²) in [6.07, 6.45) is 0. The van der Waals surface area contributed by atoms with E-state index < -0.39 is 0 Å². The highest BCUT2D eigenvalue weighted by Gasteiger charge is 2.12. The quantitative estimate of drug-likeness (QED) is 0.360. The van der Waals surface area contributed by atoms with Crippen molar-refractivity contribution >= 4 is 79.7 Å². The van der Waals surface area contributed by atoms with Gasteiger partial charge in [-0.1, -0.05) is 45.2 Å². The highest BCUT2D eigenvalue weighted by Crippen LogP contribution is 2.23. The molecule has 0 saturated heterocycles. The Morgan fingerprint density at radius 2 is 1.50 bits per heavy atom. The first-order valence-electron chi connectivity index (χ1n) is 8.56. The van der Waals surface area contributed by atoms with Crippen LogP contribution in [0.5, 0.6) is 0 Å². The monoisotopic (exact) mass is 521 g/mol. The van der Waals surface area contributed by atoms with Crippen LogP contribution in [0.15, 0.2) is 71.2 Å². The van der Waals surface area contributed by atoms with Gasteiger partial charge in [0, 0.05) is 26.4 Å². The van der Waals surface area contributed by atoms with Gasteiger partial charge >= 0.3 is 0 Å². The fourth-order valence-corrected chi connectivity index (χ4v) is 3.45. The van der Waals surface area contributed by atoms with Crippen LogP contribution in [0.3, 0.4) is 0 Å². The lowest BCUT2D eigenvalue weighted by Gasteiger charge is -2.12. The van der Waals surface area contributed by atoms with Crippen molar-refractivity contribution in [3.63, 3.8) is 0 Å². The first-order chi connectivity index (χ1) is 14.3. The number of carbonyl (C=O) groups excluding carboxylic acids is 2. The minimum absolute atomic E-state index is 0.132. The number of halogens is 3. The van der Waals surface area contributed by atoms with E-state index in [1.165, 1.54) is 6.07 Å². The molecule has 2 amide bonds. The molecule has 5 nitrogen and oxygen atoms in total. The van der Waals surface area contributed by atoms with Gasteiger partial charge in [0.25, 0.3) is 11.8 Å². The van der Waals surface area contributed by atoms with Crippen LogP contribution in [-0.2, 0) is 0 Å². The molecule has 3 rings (SSSR count). The second-order valence-electron chi connectivity index (χ2n) is 6.07. The average molecular weight is 523 g/mol. The average Bonchev–Trinajstić information content (AvgIpc) is 2.68. The van der Waals surface area contributed by atoms with Crippen molar-refractivity contribution in [2.24, 2.45) is 0 Å². The molecule has 9 heteroatoms. The minimum Gasteiger partial charge on any atom is -0.332 e. The highest BCUT2D eigenvalue weighted by molar-refractivity contribution is 9.10. The maximum atomic E-state index is 12.5. The number of amides is 2. The maximum Gasteiger partial charge on any atom is 0.257 e. The van der Waals surface area contributed by atoms with Gasteiger partial charge in [-0.15, -0.1) is 0 Å². The lowest BCUT2D eigenvalue weighted by atomic mass is 10.2. The smallest absolute Gasteiger partial charge is 0.257 e. The van der Waals surface area contributed by atoms with Crippen molar-refractivity contribution in [1.82, 2.24) is 5.32 Å². The van der Waals surface area contributed by atoms with Crippen molar-refractivity contribution in [2.45, 2.75) is 0 Å². The van der Waals surface area contributed by atoms with Gasteiger partial charge in [-0.05, 0) is 72.9 Å². The topological polar surface area (TPSA) is 70.2 Å². The lowest BCUT2D eigenvalue weighted by Crippen LogP contribution is -2.34. The van der Waals surface area contributed by atoms with Gasteiger partial charge in [0.05, 0.1) is 10.6 Å². The molecule has 3 aromatic rings. The minimum atomic E-state index is -0.375. The summed E-state index contributed by atoms with van der Waals surface area (Å²) < 4.78 is 0.874. The third kappa shape index (κ3) is 6.03. The van der Waals surface area contributed by atoms with Gasteiger partial charge in [0.2, 0.25) is 0 Å². The molecule has 3 aromatic carbocycles. The van der Waals surface area contributed by atoms with E-state index in [9.17, 15) is 9.59 Å². The number of thiocarbonyl (C=S) groups is 1. The molecule has 0 saturated carbocycles. The summed E-state index contributed by atoms with van der Waals surface area (Å²) >= 11 is 20.5. The second kappa shape index (κ2) is 10.0. The van der Waals surface area contributed by atoms with Gasteiger partial charge in [-0.3, -0.25) is 14.9 Å². The van der Waals surface area contributed by atoms with Crippen LogP contribution in [0.2, 0.25) is 10.0 Å². The van der Waals surface area contributed by atoms with E-state index in [1.807, 2.05) is 0 Å². The summed E-state index contributed by atoms with van der Waals surface area (Å²) in [5.74, 6) is -0.707. The Morgan fingerprint density at radius 1 is 0.833 bits per heavy atom. The molecule has 0 unspecified atom stereocenters. The number of hydrogen-bond acceptors (Lipinski definition) is 3. The van der Waals surface area contributed by atoms with Crippen LogP contribution < -0.4 is 16.0 Å². The summed E-state index contributed by atoms with van der Waals surface area (Å²) in [4.78, 5) is 24.7. The van der Waals surface area contributed by atoms with Gasteiger partial charge in [-0.2, -0.15) is 0 Å². The first-order valence-corrected chi connectivity index (χ1v) is 10.5. The van der Waals surface area contributed by atoms with Gasteiger partial charge in [0.15, 0.2) is 5.11 Å². The standard InChI is InChI=1S/C21H14BrCl2N3O2S/c22-13-6-4-12(5-7-13)19(28)27-21(30)26-16-3-1-2-15(11-16)25-20(29)17-9-8-14(23)10-18(17)24/h1-11H,(H,25,29)(H2,26,27,28,30). The summed E-state index contributed by atoms with van der Waals surface area (Å²) in [5, 5.41) is 9.13. The molecule has 152 valence electrons. The fourth-order valence-electron chi connectivity index (χ4n) is 2.49. The Labute approximate surface area is 196 Å². The number of hydrogen-bond donors (Lipinski definition) is 3. The molecule has 0 bridgehead atoms. The second-order valence-corrected chi connectivity index (χ2v) is 8.24. The first kappa shape index (κ1) is 22.2. The predicted molar refractivity (Wildman–Crippen MR) is 129 cm³/mol. The van der Waals surface area contributed by atoms with Crippen LogP contribution >= 0.6 is 51.3 Å². The molecule has 0 heterocycles. The molecule has 0 aromatic heterocycles. The number of benzene rings is 3. The van der Waals surface area contributed by atoms with Crippen molar-refractivity contribution in [3.8, 4) is 0 Å². The van der Waals surface area contributed by atoms with Crippen LogP contribution in [-0.4, -0.2) is 16.9 Å². The third-order valence-electron chi connectivity index (χ3n) is 3.89. The largest absolute Gasteiger partial charge is 0.332 e. The van der Waals surface area contributed by atoms with Crippen molar-refractivity contribution in [2.75, 3.05) is 10.6 Å². The number of nitrogens with one attached hydrogen (secondary N) is 3. The Balaban J connectivity index is 1.63. The molecular weight excluding hydrogens is 509 g/mol. The zero-order chi connectivity index (χ0) is 21.7. The van der Waals surface area contributed by atoms with E-state index in [2.05, 4.69) is 31.9 Å². The predicted octanol–water partition coefficient (Wildman–Crippen LogP) is 6.14. The fraction of sp³-hybridized carbons (Fsp3) is 0. The molecule has 0 radical (unpaired) electrons. The molecule has 0 aliphatic heterocycles. The lowest BCUT2D eigenvalue weighted by molar-refractivity contribution is 0.0976. The van der Waals surface area contributed by atoms with E-state index in [0.29, 0.717) is 27.5 Å². The Hall–Kier alpha value is -2.45. The normalized spacial score (nSPS) is 10.2. The van der Waals surface area contributed by atoms with Crippen LogP contribution in [0.4, 0.5) is 11.4 Å². The molecular formula is C21H14BrCl2N3O2S.